The van der Waals surface area contributed by atoms with Gasteiger partial charge in [-0.05, 0) is 24.3 Å². The van der Waals surface area contributed by atoms with Gasteiger partial charge < -0.3 is 25.2 Å². The van der Waals surface area contributed by atoms with Crippen molar-refractivity contribution in [3.63, 3.8) is 0 Å². The van der Waals surface area contributed by atoms with Crippen LogP contribution < -0.4 is 0 Å². The molecule has 152 valence electrons. The average Bonchev–Trinajstić information content (AvgIpc) is 3.25. The van der Waals surface area contributed by atoms with Crippen molar-refractivity contribution in [2.75, 3.05) is 6.61 Å². The second kappa shape index (κ2) is 8.64. The summed E-state index contributed by atoms with van der Waals surface area (Å²) in [7, 11) is 0. The Morgan fingerprint density at radius 2 is 1.83 bits per heavy atom. The van der Waals surface area contributed by atoms with E-state index in [0.717, 1.165) is 10.9 Å². The summed E-state index contributed by atoms with van der Waals surface area (Å²) < 4.78 is 5.44. The van der Waals surface area contributed by atoms with E-state index in [2.05, 4.69) is 38.9 Å². The van der Waals surface area contributed by atoms with Gasteiger partial charge in [-0.15, -0.1) is 0 Å². The number of aliphatic hydroxyl groups is 4. The fourth-order valence-electron chi connectivity index (χ4n) is 3.18. The number of H-pyrrole nitrogens is 1. The van der Waals surface area contributed by atoms with Crippen molar-refractivity contribution < 1.29 is 25.2 Å². The molecule has 5 N–H and O–H groups in total. The Bertz CT molecular complexity index is 1150. The van der Waals surface area contributed by atoms with Crippen LogP contribution in [0.3, 0.4) is 0 Å². The van der Waals surface area contributed by atoms with Gasteiger partial charge in [-0.1, -0.05) is 23.7 Å². The lowest BCUT2D eigenvalue weighted by molar-refractivity contribution is -0.214. The topological polar surface area (TPSA) is 132 Å². The maximum Gasteiger partial charge on any atom is 0.147 e. The van der Waals surface area contributed by atoms with Crippen LogP contribution in [0.2, 0.25) is 0 Å². The highest BCUT2D eigenvalue weighted by Crippen LogP contribution is 2.22. The highest BCUT2D eigenvalue weighted by molar-refractivity contribution is 5.85. The third-order valence-corrected chi connectivity index (χ3v) is 4.80. The SMILES string of the molecule is OCC1OC(C#Cc2cc(C#Cc3cccnc3)cc3cn[nH]c23)C(O)C(O)[C@@H]1O. The van der Waals surface area contributed by atoms with Gasteiger partial charge in [-0.3, -0.25) is 10.1 Å². The van der Waals surface area contributed by atoms with Crippen LogP contribution in [0.25, 0.3) is 10.9 Å². The van der Waals surface area contributed by atoms with E-state index in [0.29, 0.717) is 16.6 Å². The number of benzene rings is 1. The average molecular weight is 405 g/mol. The number of aromatic nitrogens is 3. The highest BCUT2D eigenvalue weighted by atomic mass is 16.5. The van der Waals surface area contributed by atoms with E-state index in [4.69, 9.17) is 4.74 Å². The van der Waals surface area contributed by atoms with Crippen LogP contribution in [0.1, 0.15) is 16.7 Å². The number of aromatic amines is 1. The second-order valence-corrected chi connectivity index (χ2v) is 6.87. The number of hydrogen-bond acceptors (Lipinski definition) is 7. The minimum atomic E-state index is -1.47. The Morgan fingerprint density at radius 3 is 2.60 bits per heavy atom. The Kier molecular flexibility index (Phi) is 5.77. The van der Waals surface area contributed by atoms with Gasteiger partial charge in [0.2, 0.25) is 0 Å². The van der Waals surface area contributed by atoms with E-state index >= 15 is 0 Å². The summed E-state index contributed by atoms with van der Waals surface area (Å²) in [5.41, 5.74) is 2.76. The lowest BCUT2D eigenvalue weighted by Crippen LogP contribution is -2.58. The maximum absolute atomic E-state index is 10.2. The van der Waals surface area contributed by atoms with Crippen LogP contribution in [0.4, 0.5) is 0 Å². The van der Waals surface area contributed by atoms with Gasteiger partial charge >= 0.3 is 0 Å². The standard InChI is InChI=1S/C22H19N3O5/c26-12-18-21(28)22(29)20(27)17(30-18)6-5-15-8-14(9-16-11-24-25-19(15)16)4-3-13-2-1-7-23-10-13/h1-2,7-11,17-18,20-22,26-29H,12H2,(H,24,25)/t17?,18?,20?,21-,22?/m1/s1. The van der Waals surface area contributed by atoms with E-state index in [1.165, 1.54) is 0 Å². The monoisotopic (exact) mass is 405 g/mol. The molecule has 3 aromatic rings. The summed E-state index contributed by atoms with van der Waals surface area (Å²) in [4.78, 5) is 4.04. The van der Waals surface area contributed by atoms with Crippen LogP contribution in [0, 0.1) is 23.7 Å². The third-order valence-electron chi connectivity index (χ3n) is 4.80. The summed E-state index contributed by atoms with van der Waals surface area (Å²) in [6.45, 7) is -0.507. The molecule has 30 heavy (non-hydrogen) atoms. The molecule has 0 saturated carbocycles. The van der Waals surface area contributed by atoms with E-state index in [1.54, 1.807) is 30.7 Å². The predicted molar refractivity (Wildman–Crippen MR) is 107 cm³/mol. The van der Waals surface area contributed by atoms with E-state index < -0.39 is 37.1 Å². The summed E-state index contributed by atoms with van der Waals surface area (Å²) >= 11 is 0. The molecule has 5 atom stereocenters. The Morgan fingerprint density at radius 1 is 1.00 bits per heavy atom. The quantitative estimate of drug-likeness (QED) is 0.347. The van der Waals surface area contributed by atoms with Crippen molar-refractivity contribution in [1.82, 2.24) is 15.2 Å². The highest BCUT2D eigenvalue weighted by Gasteiger charge is 2.42. The molecular weight excluding hydrogens is 386 g/mol. The number of rotatable bonds is 1. The first kappa shape index (κ1) is 20.0. The summed E-state index contributed by atoms with van der Waals surface area (Å²) in [5.74, 6) is 11.8. The number of pyridine rings is 1. The molecule has 1 saturated heterocycles. The molecule has 0 amide bonds. The number of nitrogens with zero attached hydrogens (tertiary/aromatic N) is 2. The van der Waals surface area contributed by atoms with Gasteiger partial charge in [0, 0.05) is 28.9 Å². The first-order valence-corrected chi connectivity index (χ1v) is 9.28. The van der Waals surface area contributed by atoms with Gasteiger partial charge in [0.15, 0.2) is 0 Å². The number of hydrogen-bond donors (Lipinski definition) is 5. The molecule has 0 aliphatic carbocycles. The van der Waals surface area contributed by atoms with Crippen LogP contribution >= 0.6 is 0 Å². The summed E-state index contributed by atoms with van der Waals surface area (Å²) in [6.07, 6.45) is -1.40. The molecular formula is C22H19N3O5. The maximum atomic E-state index is 10.2. The number of ether oxygens (including phenoxy) is 1. The molecule has 0 bridgehead atoms. The predicted octanol–water partition coefficient (Wildman–Crippen LogP) is -0.448. The molecule has 2 aromatic heterocycles. The zero-order chi connectivity index (χ0) is 21.1. The lowest BCUT2D eigenvalue weighted by atomic mass is 9.95. The van der Waals surface area contributed by atoms with Gasteiger partial charge in [0.05, 0.1) is 23.9 Å². The van der Waals surface area contributed by atoms with Crippen molar-refractivity contribution >= 4 is 10.9 Å². The third kappa shape index (κ3) is 4.05. The van der Waals surface area contributed by atoms with Crippen molar-refractivity contribution in [2.45, 2.75) is 30.5 Å². The van der Waals surface area contributed by atoms with Crippen LogP contribution in [-0.2, 0) is 4.74 Å². The first-order valence-electron chi connectivity index (χ1n) is 9.28. The van der Waals surface area contributed by atoms with E-state index in [9.17, 15) is 20.4 Å². The fraction of sp³-hybridized carbons (Fsp3) is 0.273. The van der Waals surface area contributed by atoms with Crippen LogP contribution in [0.5, 0.6) is 0 Å². The molecule has 8 nitrogen and oxygen atoms in total. The minimum Gasteiger partial charge on any atom is -0.394 e. The molecule has 1 aliphatic rings. The number of fused-ring (bicyclic) bond motifs is 1. The second-order valence-electron chi connectivity index (χ2n) is 6.87. The molecule has 0 radical (unpaired) electrons. The summed E-state index contributed by atoms with van der Waals surface area (Å²) in [5, 5.41) is 47.0. The molecule has 4 unspecified atom stereocenters. The van der Waals surface area contributed by atoms with Crippen molar-refractivity contribution in [1.29, 1.82) is 0 Å². The normalized spacial score (nSPS) is 25.8. The molecule has 1 aliphatic heterocycles. The molecule has 0 spiro atoms. The molecule has 8 heteroatoms. The van der Waals surface area contributed by atoms with E-state index in [-0.39, 0.29) is 0 Å². The first-order chi connectivity index (χ1) is 14.6. The molecule has 3 heterocycles. The smallest absolute Gasteiger partial charge is 0.147 e. The van der Waals surface area contributed by atoms with Crippen LogP contribution in [-0.4, -0.2) is 72.7 Å². The van der Waals surface area contributed by atoms with Crippen molar-refractivity contribution in [3.05, 3.63) is 59.5 Å². The molecule has 1 fully saturated rings. The lowest BCUT2D eigenvalue weighted by Gasteiger charge is -2.37. The number of aliphatic hydroxyl groups excluding tert-OH is 4. The number of nitrogens with one attached hydrogen (secondary N) is 1. The minimum absolute atomic E-state index is 0.507. The Hall–Kier alpha value is -3.24. The zero-order valence-electron chi connectivity index (χ0n) is 15.7. The largest absolute Gasteiger partial charge is 0.394 e. The van der Waals surface area contributed by atoms with Gasteiger partial charge in [-0.2, -0.15) is 5.10 Å². The summed E-state index contributed by atoms with van der Waals surface area (Å²) in [6, 6.07) is 7.32. The molecule has 1 aromatic carbocycles. The molecule has 4 rings (SSSR count). The fourth-order valence-corrected chi connectivity index (χ4v) is 3.18. The van der Waals surface area contributed by atoms with Gasteiger partial charge in [-0.25, -0.2) is 0 Å². The van der Waals surface area contributed by atoms with Crippen molar-refractivity contribution in [3.8, 4) is 23.7 Å². The van der Waals surface area contributed by atoms with Crippen LogP contribution in [0.15, 0.2) is 42.9 Å². The Labute approximate surface area is 172 Å². The Balaban J connectivity index is 1.67. The van der Waals surface area contributed by atoms with Crippen molar-refractivity contribution in [2.24, 2.45) is 0 Å². The van der Waals surface area contributed by atoms with E-state index in [1.807, 2.05) is 12.1 Å². The van der Waals surface area contributed by atoms with Gasteiger partial charge in [0.25, 0.3) is 0 Å². The van der Waals surface area contributed by atoms with Gasteiger partial charge in [0.1, 0.15) is 30.5 Å². The zero-order valence-corrected chi connectivity index (χ0v) is 15.7.